The molecule has 0 saturated heterocycles. The summed E-state index contributed by atoms with van der Waals surface area (Å²) in [5.41, 5.74) is 3.82. The van der Waals surface area contributed by atoms with Gasteiger partial charge in [0.2, 0.25) is 0 Å². The summed E-state index contributed by atoms with van der Waals surface area (Å²) in [4.78, 5) is 0. The Bertz CT molecular complexity index is 695. The summed E-state index contributed by atoms with van der Waals surface area (Å²) in [6, 6.07) is 14.8. The van der Waals surface area contributed by atoms with E-state index in [1.807, 2.05) is 12.1 Å². The van der Waals surface area contributed by atoms with Crippen molar-refractivity contribution >= 4 is 21.4 Å². The molecule has 0 bridgehead atoms. The largest absolute Gasteiger partial charge is 0.489 e. The van der Waals surface area contributed by atoms with Crippen molar-refractivity contribution in [2.45, 2.75) is 20.5 Å². The Morgan fingerprint density at radius 1 is 0.947 bits per heavy atom. The number of hydrogen-bond acceptors (Lipinski definition) is 2. The highest BCUT2D eigenvalue weighted by atomic mass is 32.1. The second kappa shape index (κ2) is 5.06. The fourth-order valence-electron chi connectivity index (χ4n) is 2.10. The van der Waals surface area contributed by atoms with Crippen molar-refractivity contribution in [2.75, 3.05) is 0 Å². The van der Waals surface area contributed by atoms with E-state index in [1.165, 1.54) is 26.8 Å². The highest BCUT2D eigenvalue weighted by Gasteiger charge is 2.05. The lowest BCUT2D eigenvalue weighted by Crippen LogP contribution is -1.94. The Kier molecular flexibility index (Phi) is 3.26. The normalized spacial score (nSPS) is 10.8. The first-order chi connectivity index (χ1) is 9.22. The van der Waals surface area contributed by atoms with Crippen LogP contribution in [0.1, 0.15) is 16.7 Å². The average molecular weight is 268 g/mol. The zero-order valence-electron chi connectivity index (χ0n) is 11.1. The third kappa shape index (κ3) is 2.64. The van der Waals surface area contributed by atoms with Gasteiger partial charge in [0.15, 0.2) is 0 Å². The smallest absolute Gasteiger partial charge is 0.119 e. The number of fused-ring (bicyclic) bond motifs is 1. The minimum absolute atomic E-state index is 0.631. The van der Waals surface area contributed by atoms with Gasteiger partial charge in [0, 0.05) is 10.3 Å². The standard InChI is InChI=1S/C17H16OS/c1-12-3-6-15(7-4-12)18-10-14-11-19-17-9-13(2)5-8-16(14)17/h3-9,11H,10H2,1-2H3. The molecule has 96 valence electrons. The maximum Gasteiger partial charge on any atom is 0.119 e. The lowest BCUT2D eigenvalue weighted by molar-refractivity contribution is 0.308. The van der Waals surface area contributed by atoms with Gasteiger partial charge in [-0.1, -0.05) is 29.8 Å². The molecule has 1 aromatic heterocycles. The van der Waals surface area contributed by atoms with Gasteiger partial charge in [-0.25, -0.2) is 0 Å². The molecule has 2 aromatic carbocycles. The molecule has 0 unspecified atom stereocenters. The fourth-order valence-corrected chi connectivity index (χ4v) is 3.14. The lowest BCUT2D eigenvalue weighted by Gasteiger charge is -2.06. The first kappa shape index (κ1) is 12.2. The SMILES string of the molecule is Cc1ccc(OCc2csc3cc(C)ccc23)cc1. The molecule has 0 N–H and O–H groups in total. The molecule has 0 aliphatic rings. The van der Waals surface area contributed by atoms with Gasteiger partial charge in [-0.05, 0) is 48.4 Å². The van der Waals surface area contributed by atoms with Gasteiger partial charge < -0.3 is 4.74 Å². The average Bonchev–Trinajstić information content (AvgIpc) is 2.80. The van der Waals surface area contributed by atoms with Crippen LogP contribution < -0.4 is 4.74 Å². The van der Waals surface area contributed by atoms with E-state index in [9.17, 15) is 0 Å². The monoisotopic (exact) mass is 268 g/mol. The summed E-state index contributed by atoms with van der Waals surface area (Å²) in [7, 11) is 0. The van der Waals surface area contributed by atoms with E-state index in [1.54, 1.807) is 11.3 Å². The Morgan fingerprint density at radius 2 is 1.68 bits per heavy atom. The Morgan fingerprint density at radius 3 is 2.47 bits per heavy atom. The Balaban J connectivity index is 1.80. The zero-order chi connectivity index (χ0) is 13.2. The van der Waals surface area contributed by atoms with Gasteiger partial charge in [-0.3, -0.25) is 0 Å². The molecular weight excluding hydrogens is 252 g/mol. The molecule has 3 aromatic rings. The Labute approximate surface area is 117 Å². The van der Waals surface area contributed by atoms with Crippen LogP contribution in [0.15, 0.2) is 47.8 Å². The fraction of sp³-hybridized carbons (Fsp3) is 0.176. The van der Waals surface area contributed by atoms with Gasteiger partial charge >= 0.3 is 0 Å². The van der Waals surface area contributed by atoms with E-state index in [0.717, 1.165) is 5.75 Å². The number of aryl methyl sites for hydroxylation is 2. The van der Waals surface area contributed by atoms with E-state index in [2.05, 4.69) is 49.6 Å². The van der Waals surface area contributed by atoms with Gasteiger partial charge in [-0.2, -0.15) is 0 Å². The first-order valence-corrected chi connectivity index (χ1v) is 7.26. The minimum Gasteiger partial charge on any atom is -0.489 e. The maximum absolute atomic E-state index is 5.85. The lowest BCUT2D eigenvalue weighted by atomic mass is 10.1. The second-order valence-electron chi connectivity index (χ2n) is 4.86. The summed E-state index contributed by atoms with van der Waals surface area (Å²) in [6.07, 6.45) is 0. The quantitative estimate of drug-likeness (QED) is 0.642. The van der Waals surface area contributed by atoms with Crippen molar-refractivity contribution in [3.63, 3.8) is 0 Å². The topological polar surface area (TPSA) is 9.23 Å². The Hall–Kier alpha value is -1.80. The molecule has 0 fully saturated rings. The van der Waals surface area contributed by atoms with Crippen molar-refractivity contribution in [3.8, 4) is 5.75 Å². The van der Waals surface area contributed by atoms with E-state index in [4.69, 9.17) is 4.74 Å². The van der Waals surface area contributed by atoms with Crippen LogP contribution in [0.3, 0.4) is 0 Å². The summed E-state index contributed by atoms with van der Waals surface area (Å²) >= 11 is 1.79. The summed E-state index contributed by atoms with van der Waals surface area (Å²) in [5, 5.41) is 3.50. The molecule has 1 heterocycles. The highest BCUT2D eigenvalue weighted by molar-refractivity contribution is 7.17. The molecule has 1 nitrogen and oxygen atoms in total. The number of rotatable bonds is 3. The van der Waals surface area contributed by atoms with Gasteiger partial charge in [0.25, 0.3) is 0 Å². The van der Waals surface area contributed by atoms with Gasteiger partial charge in [0.1, 0.15) is 12.4 Å². The van der Waals surface area contributed by atoms with Gasteiger partial charge in [0.05, 0.1) is 0 Å². The molecule has 0 radical (unpaired) electrons. The number of hydrogen-bond donors (Lipinski definition) is 0. The minimum atomic E-state index is 0.631. The van der Waals surface area contributed by atoms with Crippen LogP contribution in [-0.4, -0.2) is 0 Å². The molecule has 19 heavy (non-hydrogen) atoms. The molecule has 0 aliphatic heterocycles. The van der Waals surface area contributed by atoms with Crippen LogP contribution in [-0.2, 0) is 6.61 Å². The van der Waals surface area contributed by atoms with E-state index < -0.39 is 0 Å². The van der Waals surface area contributed by atoms with Crippen LogP contribution >= 0.6 is 11.3 Å². The molecular formula is C17H16OS. The molecule has 0 aliphatic carbocycles. The number of benzene rings is 2. The third-order valence-electron chi connectivity index (χ3n) is 3.23. The van der Waals surface area contributed by atoms with Crippen LogP contribution in [0.5, 0.6) is 5.75 Å². The number of ether oxygens (including phenoxy) is 1. The van der Waals surface area contributed by atoms with Crippen LogP contribution in [0.25, 0.3) is 10.1 Å². The second-order valence-corrected chi connectivity index (χ2v) is 5.77. The summed E-state index contributed by atoms with van der Waals surface area (Å²) in [6.45, 7) is 4.84. The van der Waals surface area contributed by atoms with E-state index in [-0.39, 0.29) is 0 Å². The molecule has 2 heteroatoms. The first-order valence-electron chi connectivity index (χ1n) is 6.38. The van der Waals surface area contributed by atoms with E-state index in [0.29, 0.717) is 6.61 Å². The summed E-state index contributed by atoms with van der Waals surface area (Å²) < 4.78 is 7.19. The predicted octanol–water partition coefficient (Wildman–Crippen LogP) is 5.10. The third-order valence-corrected chi connectivity index (χ3v) is 4.22. The van der Waals surface area contributed by atoms with Crippen molar-refractivity contribution in [1.82, 2.24) is 0 Å². The van der Waals surface area contributed by atoms with Crippen LogP contribution in [0.4, 0.5) is 0 Å². The zero-order valence-corrected chi connectivity index (χ0v) is 12.0. The van der Waals surface area contributed by atoms with Crippen molar-refractivity contribution in [2.24, 2.45) is 0 Å². The van der Waals surface area contributed by atoms with Crippen LogP contribution in [0.2, 0.25) is 0 Å². The molecule has 0 atom stereocenters. The van der Waals surface area contributed by atoms with Crippen LogP contribution in [0, 0.1) is 13.8 Å². The highest BCUT2D eigenvalue weighted by Crippen LogP contribution is 2.28. The number of thiophene rings is 1. The van der Waals surface area contributed by atoms with E-state index >= 15 is 0 Å². The molecule has 0 amide bonds. The van der Waals surface area contributed by atoms with Crippen molar-refractivity contribution < 1.29 is 4.74 Å². The molecule has 3 rings (SSSR count). The van der Waals surface area contributed by atoms with Crippen molar-refractivity contribution in [3.05, 3.63) is 64.5 Å². The van der Waals surface area contributed by atoms with Gasteiger partial charge in [-0.15, -0.1) is 11.3 Å². The maximum atomic E-state index is 5.85. The van der Waals surface area contributed by atoms with Crippen molar-refractivity contribution in [1.29, 1.82) is 0 Å². The molecule has 0 saturated carbocycles. The predicted molar refractivity (Wildman–Crippen MR) is 82.1 cm³/mol. The summed E-state index contributed by atoms with van der Waals surface area (Å²) in [5.74, 6) is 0.928. The molecule has 0 spiro atoms.